The molecule has 4 aliphatic rings. The molecule has 252 valence electrons. The van der Waals surface area contributed by atoms with Gasteiger partial charge in [-0.2, -0.15) is 0 Å². The molecule has 5 aromatic carbocycles. The van der Waals surface area contributed by atoms with Gasteiger partial charge in [-0.05, 0) is 160 Å². The van der Waals surface area contributed by atoms with Crippen LogP contribution < -0.4 is 9.64 Å². The fourth-order valence-electron chi connectivity index (χ4n) is 6.69. The molecule has 2 nitrogen and oxygen atoms in total. The number of anilines is 3. The first kappa shape index (κ1) is 33.8. The monoisotopic (exact) mass is 771 g/mol. The predicted octanol–water partition coefficient (Wildman–Crippen LogP) is 12.6. The van der Waals surface area contributed by atoms with Gasteiger partial charge >= 0.3 is 0 Å². The second-order valence-corrected chi connectivity index (χ2v) is 16.3. The van der Waals surface area contributed by atoms with E-state index in [0.29, 0.717) is 0 Å². The van der Waals surface area contributed by atoms with Crippen LogP contribution in [-0.2, 0) is 25.7 Å². The molecule has 0 saturated heterocycles. The molecule has 0 atom stereocenters. The highest BCUT2D eigenvalue weighted by Gasteiger charge is 2.15. The van der Waals surface area contributed by atoms with E-state index in [4.69, 9.17) is 11.2 Å². The fraction of sp³-hybridized carbons (Fsp3) is 0.106. The van der Waals surface area contributed by atoms with Crippen LogP contribution in [0.3, 0.4) is 0 Å². The molecule has 2 aromatic heterocycles. The number of hydrogen-bond acceptors (Lipinski definition) is 4. The lowest BCUT2D eigenvalue weighted by molar-refractivity contribution is 0.415. The van der Waals surface area contributed by atoms with E-state index in [1.807, 2.05) is 12.1 Å². The molecule has 0 fully saturated rings. The van der Waals surface area contributed by atoms with E-state index in [0.717, 1.165) is 68.3 Å². The summed E-state index contributed by atoms with van der Waals surface area (Å²) in [6, 6.07) is 47.8. The van der Waals surface area contributed by atoms with Crippen molar-refractivity contribution in [2.45, 2.75) is 25.7 Å². The van der Waals surface area contributed by atoms with Crippen LogP contribution in [0, 0.1) is 24.2 Å². The Morgan fingerprint density at radius 1 is 0.577 bits per heavy atom. The summed E-state index contributed by atoms with van der Waals surface area (Å²) < 4.78 is 6.58. The first-order valence-corrected chi connectivity index (χ1v) is 19.7. The number of ether oxygens (including phenoxy) is 1. The molecule has 7 aromatic rings. The second-order valence-electron chi connectivity index (χ2n) is 12.8. The highest BCUT2D eigenvalue weighted by atomic mass is 79.9. The SMILES string of the molecule is C#Cc1cc2ccc1CCc1ccc(cc1C#Cc1ccc(-c3ccc(N(c4ccc(OC)cc4)c4ccc(-c5ccc(Br)s5)cc4)cc3)s1)CC2. The number of aryl methyl sites for hydroxylation is 4. The smallest absolute Gasteiger partial charge is 0.119 e. The lowest BCUT2D eigenvalue weighted by Gasteiger charge is -2.26. The third-order valence-corrected chi connectivity index (χ3v) is 12.2. The zero-order valence-corrected chi connectivity index (χ0v) is 31.9. The van der Waals surface area contributed by atoms with Crippen molar-refractivity contribution >= 4 is 55.7 Å². The number of nitrogens with zero attached hydrogens (tertiary/aromatic N) is 1. The maximum atomic E-state index is 5.88. The number of halogens is 1. The molecule has 0 aliphatic heterocycles. The quantitative estimate of drug-likeness (QED) is 0.156. The van der Waals surface area contributed by atoms with Gasteiger partial charge in [-0.1, -0.05) is 66.3 Å². The van der Waals surface area contributed by atoms with E-state index >= 15 is 0 Å². The lowest BCUT2D eigenvalue weighted by atomic mass is 9.91. The standard InChI is InChI=1S/C47H34BrNOS2/c1-3-34-30-32-4-5-33-7-9-36(11-10-35(34)8-6-32)39(31-33)16-25-44-26-27-45(51-44)37-12-17-40(18-13-37)49(42-21-23-43(50-2)24-22-42)41-19-14-38(15-20-41)46-28-29-47(48)52-46/h1,6-9,12-15,17-24,26-31H,4-5,10-11H2,2H3. The summed E-state index contributed by atoms with van der Waals surface area (Å²) in [4.78, 5) is 5.76. The van der Waals surface area contributed by atoms with Crippen molar-refractivity contribution in [1.82, 2.24) is 0 Å². The molecule has 2 heterocycles. The molecule has 5 heteroatoms. The van der Waals surface area contributed by atoms with E-state index in [2.05, 4.69) is 160 Å². The molecule has 11 rings (SSSR count). The third kappa shape index (κ3) is 7.36. The van der Waals surface area contributed by atoms with Crippen LogP contribution in [-0.4, -0.2) is 7.11 Å². The Morgan fingerprint density at radius 3 is 1.67 bits per heavy atom. The van der Waals surface area contributed by atoms with Gasteiger partial charge in [-0.15, -0.1) is 29.1 Å². The van der Waals surface area contributed by atoms with E-state index in [1.165, 1.54) is 43.1 Å². The molecule has 0 saturated carbocycles. The molecule has 0 unspecified atom stereocenters. The Kier molecular flexibility index (Phi) is 9.84. The normalized spacial score (nSPS) is 11.9. The number of benzene rings is 5. The summed E-state index contributed by atoms with van der Waals surface area (Å²) >= 11 is 7.06. The van der Waals surface area contributed by atoms with Gasteiger partial charge in [0.15, 0.2) is 0 Å². The number of methoxy groups -OCH3 is 1. The van der Waals surface area contributed by atoms with Gasteiger partial charge in [0, 0.05) is 37.9 Å². The first-order valence-electron chi connectivity index (χ1n) is 17.3. The van der Waals surface area contributed by atoms with Crippen molar-refractivity contribution in [3.05, 3.63) is 176 Å². The number of terminal acetylenes is 1. The zero-order valence-electron chi connectivity index (χ0n) is 28.7. The third-order valence-electron chi connectivity index (χ3n) is 9.52. The molecule has 0 amide bonds. The highest BCUT2D eigenvalue weighted by molar-refractivity contribution is 9.11. The van der Waals surface area contributed by atoms with E-state index in [-0.39, 0.29) is 0 Å². The molecular weight excluding hydrogens is 739 g/mol. The summed E-state index contributed by atoms with van der Waals surface area (Å²) in [5, 5.41) is 0. The van der Waals surface area contributed by atoms with Crippen molar-refractivity contribution in [1.29, 1.82) is 0 Å². The average Bonchev–Trinajstić information content (AvgIpc) is 3.85. The largest absolute Gasteiger partial charge is 0.497 e. The van der Waals surface area contributed by atoms with E-state index in [1.54, 1.807) is 29.8 Å². The Hall–Kier alpha value is -5.30. The predicted molar refractivity (Wildman–Crippen MR) is 224 cm³/mol. The highest BCUT2D eigenvalue weighted by Crippen LogP contribution is 2.39. The Labute approximate surface area is 322 Å². The number of rotatable bonds is 6. The first-order chi connectivity index (χ1) is 25.5. The maximum absolute atomic E-state index is 5.88. The van der Waals surface area contributed by atoms with Gasteiger partial charge in [0.25, 0.3) is 0 Å². The van der Waals surface area contributed by atoms with Crippen LogP contribution in [0.25, 0.3) is 20.9 Å². The average molecular weight is 773 g/mol. The zero-order chi connectivity index (χ0) is 35.4. The fourth-order valence-corrected chi connectivity index (χ4v) is 8.95. The molecule has 0 spiro atoms. The van der Waals surface area contributed by atoms with E-state index in [9.17, 15) is 0 Å². The van der Waals surface area contributed by atoms with Crippen LogP contribution in [0.15, 0.2) is 137 Å². The molecular formula is C47H34BrNOS2. The van der Waals surface area contributed by atoms with Crippen LogP contribution in [0.1, 0.15) is 38.3 Å². The van der Waals surface area contributed by atoms with Crippen molar-refractivity contribution in [2.75, 3.05) is 12.0 Å². The van der Waals surface area contributed by atoms with Crippen LogP contribution in [0.4, 0.5) is 17.1 Å². The lowest BCUT2D eigenvalue weighted by Crippen LogP contribution is -2.09. The minimum Gasteiger partial charge on any atom is -0.497 e. The second kappa shape index (κ2) is 15.1. The minimum absolute atomic E-state index is 0.830. The van der Waals surface area contributed by atoms with E-state index < -0.39 is 0 Å². The number of thiophene rings is 2. The molecule has 4 bridgehead atoms. The van der Waals surface area contributed by atoms with Crippen molar-refractivity contribution in [3.8, 4) is 50.8 Å². The van der Waals surface area contributed by atoms with Crippen molar-refractivity contribution in [2.24, 2.45) is 0 Å². The summed E-state index contributed by atoms with van der Waals surface area (Å²) in [5.41, 5.74) is 12.8. The summed E-state index contributed by atoms with van der Waals surface area (Å²) in [5.74, 6) is 10.8. The molecule has 4 aliphatic carbocycles. The van der Waals surface area contributed by atoms with Crippen LogP contribution >= 0.6 is 38.6 Å². The Morgan fingerprint density at radius 2 is 1.12 bits per heavy atom. The summed E-state index contributed by atoms with van der Waals surface area (Å²) in [7, 11) is 1.70. The molecule has 0 N–H and O–H groups in total. The van der Waals surface area contributed by atoms with Crippen LogP contribution in [0.2, 0.25) is 0 Å². The topological polar surface area (TPSA) is 12.5 Å². The molecule has 0 radical (unpaired) electrons. The Balaban J connectivity index is 1.04. The van der Waals surface area contributed by atoms with Gasteiger partial charge in [0.2, 0.25) is 0 Å². The van der Waals surface area contributed by atoms with Crippen molar-refractivity contribution < 1.29 is 4.74 Å². The van der Waals surface area contributed by atoms with Gasteiger partial charge in [-0.3, -0.25) is 0 Å². The van der Waals surface area contributed by atoms with Crippen LogP contribution in [0.5, 0.6) is 5.75 Å². The van der Waals surface area contributed by atoms with Gasteiger partial charge in [0.1, 0.15) is 5.75 Å². The van der Waals surface area contributed by atoms with Gasteiger partial charge in [0.05, 0.1) is 15.8 Å². The maximum Gasteiger partial charge on any atom is 0.119 e. The number of hydrogen-bond donors (Lipinski definition) is 0. The summed E-state index contributed by atoms with van der Waals surface area (Å²) in [6.07, 6.45) is 9.62. The van der Waals surface area contributed by atoms with Gasteiger partial charge in [-0.25, -0.2) is 0 Å². The molecule has 52 heavy (non-hydrogen) atoms. The minimum atomic E-state index is 0.830. The van der Waals surface area contributed by atoms with Crippen molar-refractivity contribution in [3.63, 3.8) is 0 Å². The van der Waals surface area contributed by atoms with Gasteiger partial charge < -0.3 is 9.64 Å². The Bertz CT molecular complexity index is 2470. The summed E-state index contributed by atoms with van der Waals surface area (Å²) in [6.45, 7) is 0.